The molecule has 17 nitrogen and oxygen atoms in total. The molecule has 0 aromatic heterocycles. The third kappa shape index (κ3) is 78.7. The predicted molar refractivity (Wildman–Crippen MR) is 437 cm³/mol. The fourth-order valence-electron chi connectivity index (χ4n) is 13.6. The van der Waals surface area contributed by atoms with Gasteiger partial charge in [0.05, 0.1) is 26.4 Å². The van der Waals surface area contributed by atoms with Crippen LogP contribution in [0.15, 0.2) is 0 Å². The number of aliphatic hydroxyl groups excluding tert-OH is 1. The van der Waals surface area contributed by atoms with Crippen molar-refractivity contribution in [1.29, 1.82) is 0 Å². The van der Waals surface area contributed by atoms with Crippen LogP contribution in [0.2, 0.25) is 0 Å². The number of esters is 4. The van der Waals surface area contributed by atoms with Crippen molar-refractivity contribution in [1.82, 2.24) is 0 Å². The Bertz CT molecular complexity index is 2030. The summed E-state index contributed by atoms with van der Waals surface area (Å²) in [6.07, 6.45) is 70.9. The molecule has 0 radical (unpaired) electrons. The predicted octanol–water partition coefficient (Wildman–Crippen LogP) is 26.6. The van der Waals surface area contributed by atoms with Crippen LogP contribution in [0.3, 0.4) is 0 Å². The van der Waals surface area contributed by atoms with Gasteiger partial charge in [-0.1, -0.05) is 414 Å². The summed E-state index contributed by atoms with van der Waals surface area (Å²) in [6, 6.07) is 0. The van der Waals surface area contributed by atoms with Crippen molar-refractivity contribution in [3.63, 3.8) is 0 Å². The Hall–Kier alpha value is -1.94. The van der Waals surface area contributed by atoms with E-state index in [1.54, 1.807) is 0 Å². The fraction of sp³-hybridized carbons (Fsp3) is 0.954. The number of hydrogen-bond acceptors (Lipinski definition) is 15. The highest BCUT2D eigenvalue weighted by molar-refractivity contribution is 7.47. The number of ether oxygens (including phenoxy) is 4. The van der Waals surface area contributed by atoms with Crippen molar-refractivity contribution in [3.8, 4) is 0 Å². The zero-order valence-electron chi connectivity index (χ0n) is 69.7. The molecule has 0 rings (SSSR count). The molecule has 0 aliphatic heterocycles. The zero-order chi connectivity index (χ0) is 77.8. The minimum atomic E-state index is -4.97. The molecule has 3 N–H and O–H groups in total. The summed E-state index contributed by atoms with van der Waals surface area (Å²) in [5.41, 5.74) is 0. The maximum Gasteiger partial charge on any atom is 0.472 e. The zero-order valence-corrected chi connectivity index (χ0v) is 71.5. The van der Waals surface area contributed by atoms with Crippen LogP contribution >= 0.6 is 15.6 Å². The molecular formula is C87H170O17P2. The Kier molecular flexibility index (Phi) is 76.9. The van der Waals surface area contributed by atoms with Crippen LogP contribution in [0, 0.1) is 11.8 Å². The topological polar surface area (TPSA) is 237 Å². The van der Waals surface area contributed by atoms with E-state index in [9.17, 15) is 43.2 Å². The largest absolute Gasteiger partial charge is 0.472 e. The lowest BCUT2D eigenvalue weighted by atomic mass is 10.00. The average Bonchev–Trinajstić information content (AvgIpc) is 0.901. The average molecular weight is 1550 g/mol. The minimum absolute atomic E-state index is 0.108. The summed E-state index contributed by atoms with van der Waals surface area (Å²) in [5, 5.41) is 10.7. The van der Waals surface area contributed by atoms with Crippen LogP contribution in [0.25, 0.3) is 0 Å². The van der Waals surface area contributed by atoms with E-state index in [0.717, 1.165) is 108 Å². The van der Waals surface area contributed by atoms with Gasteiger partial charge in [0, 0.05) is 25.7 Å². The summed E-state index contributed by atoms with van der Waals surface area (Å²) in [7, 11) is -9.93. The van der Waals surface area contributed by atoms with E-state index in [1.807, 2.05) is 0 Å². The van der Waals surface area contributed by atoms with Crippen molar-refractivity contribution < 1.29 is 80.2 Å². The molecule has 0 fully saturated rings. The first-order chi connectivity index (χ1) is 51.4. The normalized spacial score (nSPS) is 14.1. The number of phosphoric ester groups is 2. The van der Waals surface area contributed by atoms with Gasteiger partial charge in [-0.3, -0.25) is 37.3 Å². The molecule has 3 unspecified atom stereocenters. The van der Waals surface area contributed by atoms with E-state index in [-0.39, 0.29) is 25.7 Å². The number of carbonyl (C=O) groups excluding carboxylic acids is 4. The number of phosphoric acid groups is 2. The summed E-state index contributed by atoms with van der Waals surface area (Å²) >= 11 is 0. The van der Waals surface area contributed by atoms with Crippen LogP contribution < -0.4 is 0 Å². The maximum atomic E-state index is 13.2. The Morgan fingerprint density at radius 2 is 0.481 bits per heavy atom. The van der Waals surface area contributed by atoms with Gasteiger partial charge in [-0.25, -0.2) is 9.13 Å². The van der Waals surface area contributed by atoms with Gasteiger partial charge in [-0.15, -0.1) is 0 Å². The molecule has 0 amide bonds. The van der Waals surface area contributed by atoms with Gasteiger partial charge in [0.1, 0.15) is 19.3 Å². The van der Waals surface area contributed by atoms with E-state index in [2.05, 4.69) is 41.5 Å². The molecule has 0 aromatic carbocycles. The fourth-order valence-corrected chi connectivity index (χ4v) is 15.1. The highest BCUT2D eigenvalue weighted by Gasteiger charge is 2.30. The molecular weight excluding hydrogens is 1380 g/mol. The van der Waals surface area contributed by atoms with Gasteiger partial charge in [-0.05, 0) is 37.5 Å². The van der Waals surface area contributed by atoms with Crippen molar-refractivity contribution in [2.45, 2.75) is 484 Å². The first-order valence-electron chi connectivity index (χ1n) is 45.0. The molecule has 0 spiro atoms. The Morgan fingerprint density at radius 1 is 0.274 bits per heavy atom. The number of carbonyl (C=O) groups is 4. The summed E-state index contributed by atoms with van der Waals surface area (Å²) < 4.78 is 68.9. The second kappa shape index (κ2) is 78.3. The van der Waals surface area contributed by atoms with Crippen LogP contribution in [-0.4, -0.2) is 96.7 Å². The second-order valence-electron chi connectivity index (χ2n) is 32.0. The van der Waals surface area contributed by atoms with E-state index in [1.165, 1.54) is 276 Å². The molecule has 0 saturated heterocycles. The summed E-state index contributed by atoms with van der Waals surface area (Å²) in [5.74, 6) is -0.562. The quantitative estimate of drug-likeness (QED) is 0.0222. The lowest BCUT2D eigenvalue weighted by Gasteiger charge is -2.21. The first kappa shape index (κ1) is 104. The monoisotopic (exact) mass is 1550 g/mol. The van der Waals surface area contributed by atoms with Crippen LogP contribution in [0.1, 0.15) is 465 Å². The third-order valence-electron chi connectivity index (χ3n) is 20.8. The van der Waals surface area contributed by atoms with Gasteiger partial charge in [0.15, 0.2) is 12.2 Å². The van der Waals surface area contributed by atoms with E-state index in [0.29, 0.717) is 25.7 Å². The van der Waals surface area contributed by atoms with Gasteiger partial charge in [0.2, 0.25) is 0 Å². The lowest BCUT2D eigenvalue weighted by molar-refractivity contribution is -0.161. The van der Waals surface area contributed by atoms with Gasteiger partial charge >= 0.3 is 39.5 Å². The number of unbranched alkanes of at least 4 members (excludes halogenated alkanes) is 55. The highest BCUT2D eigenvalue weighted by atomic mass is 31.2. The smallest absolute Gasteiger partial charge is 0.462 e. The number of aliphatic hydroxyl groups is 1. The summed E-state index contributed by atoms with van der Waals surface area (Å²) in [4.78, 5) is 73.3. The Labute approximate surface area is 651 Å². The lowest BCUT2D eigenvalue weighted by Crippen LogP contribution is -2.30. The highest BCUT2D eigenvalue weighted by Crippen LogP contribution is 2.45. The number of hydrogen-bond donors (Lipinski definition) is 3. The van der Waals surface area contributed by atoms with Gasteiger partial charge < -0.3 is 33.8 Å². The maximum absolute atomic E-state index is 13.2. The van der Waals surface area contributed by atoms with Crippen LogP contribution in [0.4, 0.5) is 0 Å². The molecule has 0 aliphatic rings. The third-order valence-corrected chi connectivity index (χ3v) is 22.7. The van der Waals surface area contributed by atoms with Gasteiger partial charge in [-0.2, -0.15) is 0 Å². The Balaban J connectivity index is 5.23. The molecule has 0 aromatic rings. The standard InChI is InChI=1S/C87H170O17P2/c1-7-10-12-14-16-18-20-22-24-26-28-30-34-38-42-46-50-57-63-69-84(89)97-75-82(103-86(91)71-65-60-52-48-44-40-36-32-31-33-37-41-45-49-55-61-67-79(4)5)77-101-105(93,94)99-73-81(88)74-100-106(95,96)102-78-83(76-98-85(90)70-64-58-54-53-56-62-68-80(6)9-3)104-87(92)72-66-59-51-47-43-39-35-29-27-25-23-21-19-17-15-13-11-8-2/h79-83,88H,7-78H2,1-6H3,(H,93,94)(H,95,96)/t80?,81-,82-,83-/m1/s1. The number of rotatable bonds is 86. The van der Waals surface area contributed by atoms with Crippen molar-refractivity contribution >= 4 is 39.5 Å². The summed E-state index contributed by atoms with van der Waals surface area (Å²) in [6.45, 7) is 9.67. The molecule has 19 heteroatoms. The molecule has 0 aliphatic carbocycles. The SMILES string of the molecule is CCCCCCCCCCCCCCCCCCCCCC(=O)OC[C@H](COP(=O)(O)OC[C@@H](O)COP(=O)(O)OC[C@@H](COC(=O)CCCCCCCCC(C)CC)OC(=O)CCCCCCCCCCCCCCCCCCCC)OC(=O)CCCCCCCCCCCCCCCCCCC(C)C. The van der Waals surface area contributed by atoms with E-state index >= 15 is 0 Å². The van der Waals surface area contributed by atoms with Crippen molar-refractivity contribution in [3.05, 3.63) is 0 Å². The van der Waals surface area contributed by atoms with Crippen molar-refractivity contribution in [2.24, 2.45) is 11.8 Å². The van der Waals surface area contributed by atoms with Crippen LogP contribution in [-0.2, 0) is 65.4 Å². The molecule has 0 saturated carbocycles. The van der Waals surface area contributed by atoms with Crippen molar-refractivity contribution in [2.75, 3.05) is 39.6 Å². The molecule has 106 heavy (non-hydrogen) atoms. The van der Waals surface area contributed by atoms with Crippen LogP contribution in [0.5, 0.6) is 0 Å². The van der Waals surface area contributed by atoms with E-state index in [4.69, 9.17) is 37.0 Å². The molecule has 6 atom stereocenters. The molecule has 0 heterocycles. The second-order valence-corrected chi connectivity index (χ2v) is 34.9. The minimum Gasteiger partial charge on any atom is -0.462 e. The van der Waals surface area contributed by atoms with E-state index < -0.39 is 97.5 Å². The Morgan fingerprint density at radius 3 is 0.717 bits per heavy atom. The molecule has 0 bridgehead atoms. The van der Waals surface area contributed by atoms with Gasteiger partial charge in [0.25, 0.3) is 0 Å². The first-order valence-corrected chi connectivity index (χ1v) is 48.0. The molecule has 630 valence electrons.